The van der Waals surface area contributed by atoms with Crippen molar-refractivity contribution in [3.8, 4) is 0 Å². The summed E-state index contributed by atoms with van der Waals surface area (Å²) >= 11 is 3.42. The number of carboxylic acid groups (broad SMARTS) is 1. The lowest BCUT2D eigenvalue weighted by atomic mass is 9.98. The minimum absolute atomic E-state index is 0.0625. The summed E-state index contributed by atoms with van der Waals surface area (Å²) in [6.45, 7) is 2.02. The normalized spacial score (nSPS) is 16.5. The van der Waals surface area contributed by atoms with Gasteiger partial charge >= 0.3 is 5.97 Å². The van der Waals surface area contributed by atoms with Gasteiger partial charge in [-0.05, 0) is 30.2 Å². The van der Waals surface area contributed by atoms with Crippen LogP contribution in [0.3, 0.4) is 0 Å². The topological polar surface area (TPSA) is 70.0 Å². The predicted molar refractivity (Wildman–Crippen MR) is 103 cm³/mol. The summed E-state index contributed by atoms with van der Waals surface area (Å²) in [5.74, 6) is -1.26. The Morgan fingerprint density at radius 2 is 1.77 bits per heavy atom. The Morgan fingerprint density at radius 3 is 2.38 bits per heavy atom. The Balaban J connectivity index is 1.89. The van der Waals surface area contributed by atoms with E-state index in [-0.39, 0.29) is 24.8 Å². The zero-order chi connectivity index (χ0) is 18.7. The third-order valence-electron chi connectivity index (χ3n) is 4.36. The van der Waals surface area contributed by atoms with E-state index in [1.165, 1.54) is 5.01 Å². The first-order chi connectivity index (χ1) is 12.4. The summed E-state index contributed by atoms with van der Waals surface area (Å²) in [6.07, 6.45) is 0.342. The van der Waals surface area contributed by atoms with Crippen LogP contribution in [0.1, 0.15) is 42.0 Å². The molecule has 2 aromatic carbocycles. The van der Waals surface area contributed by atoms with E-state index in [0.29, 0.717) is 6.42 Å². The van der Waals surface area contributed by atoms with Crippen molar-refractivity contribution in [3.05, 3.63) is 69.7 Å². The molecular weight excluding hydrogens is 396 g/mol. The van der Waals surface area contributed by atoms with Crippen LogP contribution in [0, 0.1) is 6.92 Å². The van der Waals surface area contributed by atoms with Crippen LogP contribution in [0.25, 0.3) is 0 Å². The highest BCUT2D eigenvalue weighted by Crippen LogP contribution is 2.34. The highest BCUT2D eigenvalue weighted by Gasteiger charge is 2.33. The monoisotopic (exact) mass is 414 g/mol. The second-order valence-corrected chi connectivity index (χ2v) is 7.23. The van der Waals surface area contributed by atoms with Crippen molar-refractivity contribution in [1.29, 1.82) is 0 Å². The van der Waals surface area contributed by atoms with Crippen LogP contribution in [-0.2, 0) is 9.59 Å². The Labute approximate surface area is 160 Å². The first-order valence-corrected chi connectivity index (χ1v) is 9.17. The molecule has 0 saturated carbocycles. The smallest absolute Gasteiger partial charge is 0.303 e. The van der Waals surface area contributed by atoms with Gasteiger partial charge in [-0.2, -0.15) is 5.10 Å². The zero-order valence-corrected chi connectivity index (χ0v) is 15.9. The number of carboxylic acids is 1. The van der Waals surface area contributed by atoms with E-state index in [4.69, 9.17) is 5.11 Å². The van der Waals surface area contributed by atoms with E-state index in [2.05, 4.69) is 21.0 Å². The molecule has 3 rings (SSSR count). The number of aryl methyl sites for hydroxylation is 1. The molecule has 1 atom stereocenters. The fraction of sp³-hybridized carbons (Fsp3) is 0.250. The molecule has 0 aromatic heterocycles. The Hall–Kier alpha value is -2.47. The summed E-state index contributed by atoms with van der Waals surface area (Å²) in [7, 11) is 0. The molecular formula is C20H19BrN2O3. The second-order valence-electron chi connectivity index (χ2n) is 6.32. The third-order valence-corrected chi connectivity index (χ3v) is 4.89. The highest BCUT2D eigenvalue weighted by molar-refractivity contribution is 9.10. The van der Waals surface area contributed by atoms with Crippen LogP contribution in [0.15, 0.2) is 58.1 Å². The molecule has 134 valence electrons. The Bertz CT molecular complexity index is 844. The SMILES string of the molecule is Cc1ccc(C2=NN(C(=O)CCC(=O)O)[C@H](c3ccc(Br)cc3)C2)cc1. The first-order valence-electron chi connectivity index (χ1n) is 8.38. The van der Waals surface area contributed by atoms with Gasteiger partial charge in [0.2, 0.25) is 5.91 Å². The molecule has 1 N–H and O–H groups in total. The van der Waals surface area contributed by atoms with Crippen molar-refractivity contribution in [3.63, 3.8) is 0 Å². The number of halogens is 1. The molecule has 26 heavy (non-hydrogen) atoms. The van der Waals surface area contributed by atoms with Gasteiger partial charge in [-0.3, -0.25) is 9.59 Å². The first kappa shape index (κ1) is 18.3. The Kier molecular flexibility index (Phi) is 5.52. The summed E-state index contributed by atoms with van der Waals surface area (Å²) < 4.78 is 0.961. The van der Waals surface area contributed by atoms with Gasteiger partial charge in [-0.25, -0.2) is 5.01 Å². The molecule has 5 nitrogen and oxygen atoms in total. The van der Waals surface area contributed by atoms with E-state index in [1.54, 1.807) is 0 Å². The number of nitrogens with zero attached hydrogens (tertiary/aromatic N) is 2. The number of benzene rings is 2. The third kappa shape index (κ3) is 4.19. The average Bonchev–Trinajstić information content (AvgIpc) is 3.06. The quantitative estimate of drug-likeness (QED) is 0.792. The van der Waals surface area contributed by atoms with Gasteiger partial charge in [0.05, 0.1) is 18.2 Å². The average molecular weight is 415 g/mol. The second kappa shape index (κ2) is 7.83. The predicted octanol–water partition coefficient (Wildman–Crippen LogP) is 4.30. The molecule has 0 radical (unpaired) electrons. The minimum Gasteiger partial charge on any atom is -0.481 e. The lowest BCUT2D eigenvalue weighted by molar-refractivity contribution is -0.141. The molecule has 0 bridgehead atoms. The minimum atomic E-state index is -0.986. The van der Waals surface area contributed by atoms with Crippen LogP contribution < -0.4 is 0 Å². The van der Waals surface area contributed by atoms with E-state index < -0.39 is 5.97 Å². The van der Waals surface area contributed by atoms with Crippen LogP contribution >= 0.6 is 15.9 Å². The molecule has 6 heteroatoms. The number of hydrogen-bond acceptors (Lipinski definition) is 3. The lowest BCUT2D eigenvalue weighted by Gasteiger charge is -2.22. The highest BCUT2D eigenvalue weighted by atomic mass is 79.9. The molecule has 1 aliphatic heterocycles. The summed E-state index contributed by atoms with van der Waals surface area (Å²) in [5.41, 5.74) is 3.95. The van der Waals surface area contributed by atoms with Crippen molar-refractivity contribution in [2.45, 2.75) is 32.2 Å². The van der Waals surface area contributed by atoms with Gasteiger partial charge in [0.25, 0.3) is 0 Å². The van der Waals surface area contributed by atoms with Crippen LogP contribution in [-0.4, -0.2) is 27.7 Å². The van der Waals surface area contributed by atoms with E-state index in [0.717, 1.165) is 26.9 Å². The number of carbonyl (C=O) groups excluding carboxylic acids is 1. The zero-order valence-electron chi connectivity index (χ0n) is 14.4. The fourth-order valence-electron chi connectivity index (χ4n) is 2.93. The molecule has 0 aliphatic carbocycles. The molecule has 1 heterocycles. The molecule has 0 saturated heterocycles. The van der Waals surface area contributed by atoms with Crippen molar-refractivity contribution < 1.29 is 14.7 Å². The van der Waals surface area contributed by atoms with Gasteiger partial charge in [0, 0.05) is 17.3 Å². The number of amides is 1. The van der Waals surface area contributed by atoms with Crippen molar-refractivity contribution >= 4 is 33.5 Å². The maximum Gasteiger partial charge on any atom is 0.303 e. The fourth-order valence-corrected chi connectivity index (χ4v) is 3.20. The molecule has 1 aliphatic rings. The van der Waals surface area contributed by atoms with Gasteiger partial charge < -0.3 is 5.11 Å². The van der Waals surface area contributed by atoms with Crippen molar-refractivity contribution in [2.75, 3.05) is 0 Å². The largest absolute Gasteiger partial charge is 0.481 e. The maximum absolute atomic E-state index is 12.6. The van der Waals surface area contributed by atoms with Crippen molar-refractivity contribution in [1.82, 2.24) is 5.01 Å². The van der Waals surface area contributed by atoms with E-state index in [9.17, 15) is 9.59 Å². The summed E-state index contributed by atoms with van der Waals surface area (Å²) in [6, 6.07) is 15.6. The maximum atomic E-state index is 12.6. The van der Waals surface area contributed by atoms with Crippen LogP contribution in [0.4, 0.5) is 0 Å². The summed E-state index contributed by atoms with van der Waals surface area (Å²) in [4.78, 5) is 23.4. The van der Waals surface area contributed by atoms with E-state index in [1.807, 2.05) is 55.5 Å². The van der Waals surface area contributed by atoms with Crippen LogP contribution in [0.5, 0.6) is 0 Å². The molecule has 0 fully saturated rings. The number of hydrazone groups is 1. The number of rotatable bonds is 5. The molecule has 0 unspecified atom stereocenters. The van der Waals surface area contributed by atoms with Gasteiger partial charge in [0.1, 0.15) is 0 Å². The molecule has 1 amide bonds. The van der Waals surface area contributed by atoms with Gasteiger partial charge in [-0.1, -0.05) is 57.9 Å². The summed E-state index contributed by atoms with van der Waals surface area (Å²) in [5, 5.41) is 14.9. The number of aliphatic carboxylic acids is 1. The van der Waals surface area contributed by atoms with Gasteiger partial charge in [0.15, 0.2) is 0 Å². The molecule has 0 spiro atoms. The Morgan fingerprint density at radius 1 is 1.12 bits per heavy atom. The number of carbonyl (C=O) groups is 2. The standard InChI is InChI=1S/C20H19BrN2O3/c1-13-2-4-14(5-3-13)17-12-18(15-6-8-16(21)9-7-15)23(22-17)19(24)10-11-20(25)26/h2-9,18H,10-12H2,1H3,(H,25,26)/t18-/m0/s1. The van der Waals surface area contributed by atoms with Crippen LogP contribution in [0.2, 0.25) is 0 Å². The van der Waals surface area contributed by atoms with E-state index >= 15 is 0 Å². The molecule has 2 aromatic rings. The van der Waals surface area contributed by atoms with Crippen molar-refractivity contribution in [2.24, 2.45) is 5.10 Å². The number of hydrogen-bond donors (Lipinski definition) is 1. The van der Waals surface area contributed by atoms with Gasteiger partial charge in [-0.15, -0.1) is 0 Å². The lowest BCUT2D eigenvalue weighted by Crippen LogP contribution is -2.27.